The fourth-order valence-corrected chi connectivity index (χ4v) is 2.96. The third kappa shape index (κ3) is 3.96. The molecular formula is C14H14N2O6S. The molecule has 0 aliphatic carbocycles. The number of benzene rings is 1. The summed E-state index contributed by atoms with van der Waals surface area (Å²) in [5.41, 5.74) is 0.176. The maximum Gasteiger partial charge on any atom is 0.326 e. The summed E-state index contributed by atoms with van der Waals surface area (Å²) in [7, 11) is -2.77. The molecule has 23 heavy (non-hydrogen) atoms. The number of aromatic hydroxyl groups is 1. The van der Waals surface area contributed by atoms with Crippen LogP contribution in [0, 0.1) is 0 Å². The minimum atomic E-state index is -4.13. The Morgan fingerprint density at radius 1 is 1.26 bits per heavy atom. The summed E-state index contributed by atoms with van der Waals surface area (Å²) in [6, 6.07) is 4.90. The van der Waals surface area contributed by atoms with E-state index in [1.165, 1.54) is 43.6 Å². The van der Waals surface area contributed by atoms with Crippen molar-refractivity contribution in [2.45, 2.75) is 10.9 Å². The minimum Gasteiger partial charge on any atom is -0.508 e. The van der Waals surface area contributed by atoms with Gasteiger partial charge in [-0.15, -0.1) is 0 Å². The number of rotatable bonds is 6. The van der Waals surface area contributed by atoms with Gasteiger partial charge in [0.2, 0.25) is 10.0 Å². The molecule has 3 N–H and O–H groups in total. The van der Waals surface area contributed by atoms with Crippen molar-refractivity contribution < 1.29 is 28.2 Å². The van der Waals surface area contributed by atoms with Gasteiger partial charge in [0.15, 0.2) is 0 Å². The van der Waals surface area contributed by atoms with Crippen molar-refractivity contribution in [1.82, 2.24) is 9.71 Å². The number of phenols is 1. The monoisotopic (exact) mass is 338 g/mol. The quantitative estimate of drug-likeness (QED) is 0.714. The largest absolute Gasteiger partial charge is 0.508 e. The fraction of sp³-hybridized carbons (Fsp3) is 0.143. The van der Waals surface area contributed by atoms with E-state index in [1.807, 2.05) is 0 Å². The molecule has 0 fully saturated rings. The zero-order valence-corrected chi connectivity index (χ0v) is 12.8. The molecule has 2 aromatic rings. The second-order valence-corrected chi connectivity index (χ2v) is 6.26. The van der Waals surface area contributed by atoms with Crippen LogP contribution in [0.1, 0.15) is 11.6 Å². The molecule has 0 amide bonds. The van der Waals surface area contributed by atoms with Gasteiger partial charge in [-0.3, -0.25) is 9.78 Å². The first-order chi connectivity index (χ1) is 10.8. The molecule has 0 aliphatic heterocycles. The molecule has 0 bridgehead atoms. The second-order valence-electron chi connectivity index (χ2n) is 4.54. The molecule has 0 saturated carbocycles. The lowest BCUT2D eigenvalue weighted by Gasteiger charge is -2.15. The normalized spacial score (nSPS) is 12.6. The summed E-state index contributed by atoms with van der Waals surface area (Å²) in [6.07, 6.45) is 2.41. The number of pyridine rings is 1. The van der Waals surface area contributed by atoms with Crippen molar-refractivity contribution in [1.29, 1.82) is 0 Å². The van der Waals surface area contributed by atoms with Crippen LogP contribution in [0.15, 0.2) is 47.6 Å². The standard InChI is InChI=1S/C14H14N2O6S/c1-22-11-6-12(8-15-7-11)23(20,21)16-13(14(18)19)9-2-4-10(17)5-3-9/h2-8,13,16-17H,1H3,(H,18,19)/t13-/m0/s1. The third-order valence-electron chi connectivity index (χ3n) is 2.98. The number of methoxy groups -OCH3 is 1. The van der Waals surface area contributed by atoms with Crippen LogP contribution >= 0.6 is 0 Å². The van der Waals surface area contributed by atoms with E-state index in [0.717, 1.165) is 6.20 Å². The lowest BCUT2D eigenvalue weighted by Crippen LogP contribution is -2.33. The van der Waals surface area contributed by atoms with Gasteiger partial charge in [0.25, 0.3) is 0 Å². The molecule has 9 heteroatoms. The molecule has 0 aliphatic rings. The van der Waals surface area contributed by atoms with Crippen LogP contribution in [0.2, 0.25) is 0 Å². The highest BCUT2D eigenvalue weighted by molar-refractivity contribution is 7.89. The molecule has 1 atom stereocenters. The number of ether oxygens (including phenoxy) is 1. The fourth-order valence-electron chi connectivity index (χ4n) is 1.81. The Morgan fingerprint density at radius 3 is 2.48 bits per heavy atom. The molecule has 1 aromatic heterocycles. The van der Waals surface area contributed by atoms with Gasteiger partial charge in [-0.25, -0.2) is 8.42 Å². The first-order valence-corrected chi connectivity index (χ1v) is 7.85. The van der Waals surface area contributed by atoms with Crippen LogP contribution in [0.5, 0.6) is 11.5 Å². The van der Waals surface area contributed by atoms with E-state index in [9.17, 15) is 23.4 Å². The van der Waals surface area contributed by atoms with Gasteiger partial charge in [0.05, 0.1) is 13.3 Å². The van der Waals surface area contributed by atoms with Crippen LogP contribution in [-0.2, 0) is 14.8 Å². The Morgan fingerprint density at radius 2 is 1.91 bits per heavy atom. The Balaban J connectivity index is 2.35. The third-order valence-corrected chi connectivity index (χ3v) is 4.37. The van der Waals surface area contributed by atoms with E-state index in [-0.39, 0.29) is 22.0 Å². The Labute approximate surface area is 132 Å². The Kier molecular flexibility index (Phi) is 4.82. The second kappa shape index (κ2) is 6.63. The minimum absolute atomic E-state index is 0.0576. The molecule has 0 unspecified atom stereocenters. The van der Waals surface area contributed by atoms with Crippen molar-refractivity contribution in [2.24, 2.45) is 0 Å². The first kappa shape index (κ1) is 16.7. The van der Waals surface area contributed by atoms with Gasteiger partial charge in [0, 0.05) is 12.3 Å². The highest BCUT2D eigenvalue weighted by atomic mass is 32.2. The van der Waals surface area contributed by atoms with Crippen LogP contribution in [0.3, 0.4) is 0 Å². The number of aliphatic carboxylic acids is 1. The molecular weight excluding hydrogens is 324 g/mol. The number of nitrogens with zero attached hydrogens (tertiary/aromatic N) is 1. The first-order valence-electron chi connectivity index (χ1n) is 6.36. The Bertz CT molecular complexity index is 804. The van der Waals surface area contributed by atoms with Crippen molar-refractivity contribution >= 4 is 16.0 Å². The predicted molar refractivity (Wildman–Crippen MR) is 79.6 cm³/mol. The van der Waals surface area contributed by atoms with E-state index in [2.05, 4.69) is 9.71 Å². The molecule has 8 nitrogen and oxygen atoms in total. The SMILES string of the molecule is COc1cncc(S(=O)(=O)N[C@H](C(=O)O)c2ccc(O)cc2)c1. The molecule has 1 aromatic carbocycles. The average molecular weight is 338 g/mol. The zero-order valence-electron chi connectivity index (χ0n) is 12.0. The number of hydrogen-bond acceptors (Lipinski definition) is 6. The van der Waals surface area contributed by atoms with Gasteiger partial charge >= 0.3 is 5.97 Å². The van der Waals surface area contributed by atoms with E-state index in [1.54, 1.807) is 0 Å². The van der Waals surface area contributed by atoms with Crippen molar-refractivity contribution in [2.75, 3.05) is 7.11 Å². The lowest BCUT2D eigenvalue weighted by atomic mass is 10.1. The van der Waals surface area contributed by atoms with E-state index in [0.29, 0.717) is 0 Å². The van der Waals surface area contributed by atoms with E-state index < -0.39 is 22.0 Å². The van der Waals surface area contributed by atoms with E-state index in [4.69, 9.17) is 4.74 Å². The molecule has 1 heterocycles. The molecule has 122 valence electrons. The summed E-state index contributed by atoms with van der Waals surface area (Å²) in [6.45, 7) is 0. The van der Waals surface area contributed by atoms with Crippen LogP contribution < -0.4 is 9.46 Å². The van der Waals surface area contributed by atoms with Crippen molar-refractivity contribution in [3.63, 3.8) is 0 Å². The lowest BCUT2D eigenvalue weighted by molar-refractivity contribution is -0.139. The molecule has 0 spiro atoms. The summed E-state index contributed by atoms with van der Waals surface area (Å²) in [5.74, 6) is -1.21. The topological polar surface area (TPSA) is 126 Å². The van der Waals surface area contributed by atoms with Gasteiger partial charge < -0.3 is 14.9 Å². The summed E-state index contributed by atoms with van der Waals surface area (Å²) < 4.78 is 31.7. The number of sulfonamides is 1. The Hall–Kier alpha value is -2.65. The molecule has 0 radical (unpaired) electrons. The summed E-state index contributed by atoms with van der Waals surface area (Å²) in [4.78, 5) is 14.9. The van der Waals surface area contributed by atoms with Crippen molar-refractivity contribution in [3.8, 4) is 11.5 Å². The van der Waals surface area contributed by atoms with Crippen LogP contribution in [0.4, 0.5) is 0 Å². The van der Waals surface area contributed by atoms with E-state index >= 15 is 0 Å². The summed E-state index contributed by atoms with van der Waals surface area (Å²) >= 11 is 0. The van der Waals surface area contributed by atoms with Crippen LogP contribution in [0.25, 0.3) is 0 Å². The van der Waals surface area contributed by atoms with Gasteiger partial charge in [-0.1, -0.05) is 12.1 Å². The number of carboxylic acid groups (broad SMARTS) is 1. The predicted octanol–water partition coefficient (Wildman–Crippen LogP) is 0.900. The number of carboxylic acids is 1. The smallest absolute Gasteiger partial charge is 0.326 e. The van der Waals surface area contributed by atoms with Crippen LogP contribution in [-0.4, -0.2) is 36.7 Å². The molecule has 0 saturated heterocycles. The van der Waals surface area contributed by atoms with Crippen molar-refractivity contribution in [3.05, 3.63) is 48.3 Å². The van der Waals surface area contributed by atoms with Gasteiger partial charge in [-0.2, -0.15) is 4.72 Å². The highest BCUT2D eigenvalue weighted by Gasteiger charge is 2.27. The zero-order chi connectivity index (χ0) is 17.0. The number of nitrogens with one attached hydrogen (secondary N) is 1. The van der Waals surface area contributed by atoms with Gasteiger partial charge in [0.1, 0.15) is 22.4 Å². The maximum atomic E-state index is 12.3. The number of hydrogen-bond donors (Lipinski definition) is 3. The molecule has 2 rings (SSSR count). The number of phenolic OH excluding ortho intramolecular Hbond substituents is 1. The number of aromatic nitrogens is 1. The number of carbonyl (C=O) groups is 1. The van der Waals surface area contributed by atoms with Gasteiger partial charge in [-0.05, 0) is 17.7 Å². The summed E-state index contributed by atoms with van der Waals surface area (Å²) in [5, 5.41) is 18.5. The maximum absolute atomic E-state index is 12.3. The highest BCUT2D eigenvalue weighted by Crippen LogP contribution is 2.21. The average Bonchev–Trinajstić information content (AvgIpc) is 2.53.